The minimum atomic E-state index is -0.0943. The van der Waals surface area contributed by atoms with E-state index in [1.807, 2.05) is 7.05 Å². The molecule has 2 fully saturated rings. The van der Waals surface area contributed by atoms with Crippen molar-refractivity contribution in [2.45, 2.75) is 31.2 Å². The van der Waals surface area contributed by atoms with Crippen LogP contribution in [0.1, 0.15) is 12.8 Å². The van der Waals surface area contributed by atoms with E-state index in [1.165, 1.54) is 0 Å². The normalized spacial score (nSPS) is 34.0. The van der Waals surface area contributed by atoms with E-state index in [4.69, 9.17) is 0 Å². The minimum Gasteiger partial charge on any atom is -0.393 e. The van der Waals surface area contributed by atoms with Crippen molar-refractivity contribution < 1.29 is 5.11 Å². The summed E-state index contributed by atoms with van der Waals surface area (Å²) in [6.07, 6.45) is 2.09. The van der Waals surface area contributed by atoms with Gasteiger partial charge in [0.1, 0.15) is 0 Å². The Labute approximate surface area is 90.3 Å². The van der Waals surface area contributed by atoms with Gasteiger partial charge in [-0.05, 0) is 19.9 Å². The lowest BCUT2D eigenvalue weighted by Gasteiger charge is -2.47. The van der Waals surface area contributed by atoms with Crippen LogP contribution < -0.4 is 21.7 Å². The molecule has 0 aromatic heterocycles. The van der Waals surface area contributed by atoms with E-state index >= 15 is 0 Å². The third-order valence-electron chi connectivity index (χ3n) is 3.19. The Hall–Kier alpha value is -0.240. The molecule has 2 aliphatic heterocycles. The van der Waals surface area contributed by atoms with E-state index in [9.17, 15) is 5.11 Å². The monoisotopic (exact) mass is 215 g/mol. The largest absolute Gasteiger partial charge is 0.393 e. The van der Waals surface area contributed by atoms with Crippen molar-refractivity contribution in [1.82, 2.24) is 26.6 Å². The number of likely N-dealkylation sites (tertiary alicyclic amines) is 1. The first kappa shape index (κ1) is 11.3. The Kier molecular flexibility index (Phi) is 3.90. The first-order valence-electron chi connectivity index (χ1n) is 5.64. The third-order valence-corrected chi connectivity index (χ3v) is 3.19. The van der Waals surface area contributed by atoms with Gasteiger partial charge in [0.05, 0.1) is 18.3 Å². The Morgan fingerprint density at radius 1 is 1.33 bits per heavy atom. The molecule has 6 nitrogen and oxygen atoms in total. The maximum absolute atomic E-state index is 9.42. The Morgan fingerprint density at radius 3 is 2.60 bits per heavy atom. The van der Waals surface area contributed by atoms with Crippen molar-refractivity contribution in [3.63, 3.8) is 0 Å². The molecular weight excluding hydrogens is 194 g/mol. The minimum absolute atomic E-state index is 0.0943. The van der Waals surface area contributed by atoms with Gasteiger partial charge in [0, 0.05) is 19.6 Å². The van der Waals surface area contributed by atoms with E-state index in [-0.39, 0.29) is 6.10 Å². The second-order valence-corrected chi connectivity index (χ2v) is 4.24. The van der Waals surface area contributed by atoms with Crippen molar-refractivity contribution in [2.75, 3.05) is 26.7 Å². The molecule has 1 unspecified atom stereocenters. The molecule has 0 spiro atoms. The first-order chi connectivity index (χ1) is 7.31. The molecule has 0 aliphatic carbocycles. The number of piperidine rings is 1. The fourth-order valence-electron chi connectivity index (χ4n) is 2.16. The molecule has 2 aliphatic rings. The summed E-state index contributed by atoms with van der Waals surface area (Å²) in [4.78, 5) is 2.39. The number of hydrogen-bond donors (Lipinski definition) is 5. The van der Waals surface area contributed by atoms with Crippen LogP contribution in [0.2, 0.25) is 0 Å². The van der Waals surface area contributed by atoms with Gasteiger partial charge in [-0.25, -0.2) is 10.9 Å². The zero-order valence-electron chi connectivity index (χ0n) is 9.16. The van der Waals surface area contributed by atoms with Gasteiger partial charge in [-0.3, -0.25) is 15.8 Å². The smallest absolute Gasteiger partial charge is 0.0911 e. The summed E-state index contributed by atoms with van der Waals surface area (Å²) in [7, 11) is 1.87. The van der Waals surface area contributed by atoms with Gasteiger partial charge in [0.15, 0.2) is 0 Å². The average molecular weight is 215 g/mol. The summed E-state index contributed by atoms with van der Waals surface area (Å²) >= 11 is 0. The van der Waals surface area contributed by atoms with Crippen molar-refractivity contribution in [3.8, 4) is 0 Å². The van der Waals surface area contributed by atoms with Crippen LogP contribution in [0.3, 0.4) is 0 Å². The third kappa shape index (κ3) is 2.66. The van der Waals surface area contributed by atoms with E-state index in [0.29, 0.717) is 12.2 Å². The summed E-state index contributed by atoms with van der Waals surface area (Å²) in [5.74, 6) is 0. The van der Waals surface area contributed by atoms with Gasteiger partial charge in [-0.15, -0.1) is 0 Å². The second-order valence-electron chi connectivity index (χ2n) is 4.24. The number of aliphatic hydroxyl groups excluding tert-OH is 1. The van der Waals surface area contributed by atoms with Gasteiger partial charge < -0.3 is 5.11 Å². The van der Waals surface area contributed by atoms with Gasteiger partial charge in [0.2, 0.25) is 0 Å². The van der Waals surface area contributed by atoms with Gasteiger partial charge >= 0.3 is 0 Å². The first-order valence-corrected chi connectivity index (χ1v) is 5.64. The summed E-state index contributed by atoms with van der Waals surface area (Å²) in [5.41, 5.74) is 12.4. The summed E-state index contributed by atoms with van der Waals surface area (Å²) in [6.45, 7) is 2.86. The molecule has 0 aromatic carbocycles. The summed E-state index contributed by atoms with van der Waals surface area (Å²) < 4.78 is 0. The van der Waals surface area contributed by atoms with Crippen LogP contribution in [0.25, 0.3) is 0 Å². The van der Waals surface area contributed by atoms with Crippen molar-refractivity contribution in [1.29, 1.82) is 0 Å². The Balaban J connectivity index is 1.74. The zero-order chi connectivity index (χ0) is 10.7. The maximum atomic E-state index is 9.42. The SMILES string of the molecule is CNNCC1NN[C@@H]1N1CCC(O)CC1. The fourth-order valence-corrected chi connectivity index (χ4v) is 2.16. The number of hydrazine groups is 2. The number of nitrogens with zero attached hydrogens (tertiary/aromatic N) is 1. The van der Waals surface area contributed by atoms with E-state index in [1.54, 1.807) is 0 Å². The molecule has 0 saturated carbocycles. The van der Waals surface area contributed by atoms with Crippen LogP contribution in [-0.4, -0.2) is 55.0 Å². The number of rotatable bonds is 4. The molecule has 2 atom stereocenters. The van der Waals surface area contributed by atoms with E-state index in [2.05, 4.69) is 26.6 Å². The summed E-state index contributed by atoms with van der Waals surface area (Å²) in [5, 5.41) is 9.42. The zero-order valence-corrected chi connectivity index (χ0v) is 9.16. The molecule has 2 rings (SSSR count). The van der Waals surface area contributed by atoms with Crippen molar-refractivity contribution in [2.24, 2.45) is 0 Å². The van der Waals surface area contributed by atoms with Gasteiger partial charge in [0.25, 0.3) is 0 Å². The highest BCUT2D eigenvalue weighted by atomic mass is 16.3. The molecule has 88 valence electrons. The number of hydrogen-bond acceptors (Lipinski definition) is 6. The molecule has 0 aromatic rings. The molecular formula is C9H21N5O. The van der Waals surface area contributed by atoms with Gasteiger partial charge in [-0.1, -0.05) is 0 Å². The Bertz CT molecular complexity index is 195. The predicted octanol–water partition coefficient (Wildman–Crippen LogP) is -2.03. The standard InChI is InChI=1S/C9H21N5O/c1-10-11-6-8-9(13-12-8)14-4-2-7(15)3-5-14/h7-13,15H,2-6H2,1H3/t8?,9-/m1/s1. The van der Waals surface area contributed by atoms with Crippen LogP contribution in [0.4, 0.5) is 0 Å². The lowest BCUT2D eigenvalue weighted by molar-refractivity contribution is -0.00940. The van der Waals surface area contributed by atoms with Gasteiger partial charge in [-0.2, -0.15) is 0 Å². The fraction of sp³-hybridized carbons (Fsp3) is 1.00. The van der Waals surface area contributed by atoms with Crippen molar-refractivity contribution >= 4 is 0 Å². The second kappa shape index (κ2) is 5.20. The molecule has 0 bridgehead atoms. The summed E-state index contributed by atoms with van der Waals surface area (Å²) in [6, 6.07) is 0.438. The van der Waals surface area contributed by atoms with Crippen molar-refractivity contribution in [3.05, 3.63) is 0 Å². The van der Waals surface area contributed by atoms with Crippen LogP contribution in [0.5, 0.6) is 0 Å². The van der Waals surface area contributed by atoms with Crippen LogP contribution in [-0.2, 0) is 0 Å². The average Bonchev–Trinajstić information content (AvgIpc) is 2.20. The highest BCUT2D eigenvalue weighted by molar-refractivity contribution is 4.91. The molecule has 6 heteroatoms. The molecule has 2 heterocycles. The highest BCUT2D eigenvalue weighted by Gasteiger charge is 2.35. The molecule has 2 saturated heterocycles. The lowest BCUT2D eigenvalue weighted by atomic mass is 10.0. The van der Waals surface area contributed by atoms with E-state index in [0.717, 1.165) is 32.5 Å². The van der Waals surface area contributed by atoms with E-state index < -0.39 is 0 Å². The highest BCUT2D eigenvalue weighted by Crippen LogP contribution is 2.16. The predicted molar refractivity (Wildman–Crippen MR) is 57.7 cm³/mol. The van der Waals surface area contributed by atoms with Crippen LogP contribution in [0.15, 0.2) is 0 Å². The molecule has 15 heavy (non-hydrogen) atoms. The Morgan fingerprint density at radius 2 is 2.07 bits per heavy atom. The maximum Gasteiger partial charge on any atom is 0.0911 e. The lowest BCUT2D eigenvalue weighted by Crippen LogP contribution is -2.76. The topological polar surface area (TPSA) is 71.6 Å². The molecule has 5 N–H and O–H groups in total. The van der Waals surface area contributed by atoms with Crippen LogP contribution in [0, 0.1) is 0 Å². The van der Waals surface area contributed by atoms with Crippen LogP contribution >= 0.6 is 0 Å². The number of aliphatic hydroxyl groups is 1. The number of nitrogens with one attached hydrogen (secondary N) is 4. The molecule has 0 radical (unpaired) electrons. The quantitative estimate of drug-likeness (QED) is 0.348. The molecule has 0 amide bonds.